The summed E-state index contributed by atoms with van der Waals surface area (Å²) in [6.45, 7) is 10.0. The molecule has 0 bridgehead atoms. The fourth-order valence-corrected chi connectivity index (χ4v) is 3.79. The summed E-state index contributed by atoms with van der Waals surface area (Å²) < 4.78 is 18.1. The topological polar surface area (TPSA) is 56.0 Å². The Labute approximate surface area is 126 Å². The second-order valence-electron chi connectivity index (χ2n) is 5.83. The van der Waals surface area contributed by atoms with Crippen LogP contribution in [-0.4, -0.2) is 14.2 Å². The van der Waals surface area contributed by atoms with Gasteiger partial charge in [-0.05, 0) is 13.8 Å². The van der Waals surface area contributed by atoms with Crippen LogP contribution in [0.4, 0.5) is 0 Å². The van der Waals surface area contributed by atoms with Gasteiger partial charge in [-0.25, -0.2) is 9.97 Å². The second-order valence-corrected chi connectivity index (χ2v) is 8.90. The fraction of sp³-hybridized carbons (Fsp3) is 0.571. The normalized spacial score (nSPS) is 15.2. The quantitative estimate of drug-likeness (QED) is 0.863. The standard InChI is InChI=1S/C14H20N2O2S2/c1-9(13-16-7-12(18-13)14(3,4)5)20(17)8-11-6-15-10(2)19-11/h6-7,9H,8H2,1-5H3/t9-,20-/m0/s1. The van der Waals surface area contributed by atoms with Gasteiger partial charge in [0.05, 0.1) is 17.0 Å². The summed E-state index contributed by atoms with van der Waals surface area (Å²) in [5.41, 5.74) is -0.0821. The van der Waals surface area contributed by atoms with Crippen LogP contribution in [0.15, 0.2) is 16.8 Å². The van der Waals surface area contributed by atoms with Gasteiger partial charge in [-0.2, -0.15) is 0 Å². The minimum Gasteiger partial charge on any atom is -0.444 e. The van der Waals surface area contributed by atoms with Crippen molar-refractivity contribution in [2.75, 3.05) is 0 Å². The molecule has 0 aliphatic heterocycles. The number of nitrogens with zero attached hydrogens (tertiary/aromatic N) is 2. The zero-order chi connectivity index (χ0) is 14.9. The molecule has 20 heavy (non-hydrogen) atoms. The van der Waals surface area contributed by atoms with Crippen LogP contribution < -0.4 is 0 Å². The molecule has 0 aliphatic rings. The average molecular weight is 312 g/mol. The summed E-state index contributed by atoms with van der Waals surface area (Å²) in [4.78, 5) is 9.50. The lowest BCUT2D eigenvalue weighted by Gasteiger charge is -2.13. The first-order valence-corrected chi connectivity index (χ1v) is 8.72. The van der Waals surface area contributed by atoms with Crippen LogP contribution in [0.1, 0.15) is 54.5 Å². The van der Waals surface area contributed by atoms with Crippen LogP contribution in [-0.2, 0) is 22.0 Å². The zero-order valence-corrected chi connectivity index (χ0v) is 14.1. The first kappa shape index (κ1) is 15.4. The Balaban J connectivity index is 2.08. The molecule has 4 nitrogen and oxygen atoms in total. The molecule has 0 unspecified atom stereocenters. The molecule has 2 atom stereocenters. The number of hydrogen-bond donors (Lipinski definition) is 0. The lowest BCUT2D eigenvalue weighted by molar-refractivity contribution is 0.382. The number of oxazole rings is 1. The largest absolute Gasteiger partial charge is 0.444 e. The van der Waals surface area contributed by atoms with Gasteiger partial charge in [-0.1, -0.05) is 20.8 Å². The number of hydrogen-bond acceptors (Lipinski definition) is 5. The van der Waals surface area contributed by atoms with E-state index in [0.29, 0.717) is 11.6 Å². The van der Waals surface area contributed by atoms with Gasteiger partial charge >= 0.3 is 0 Å². The van der Waals surface area contributed by atoms with Gasteiger partial charge in [0.15, 0.2) is 0 Å². The summed E-state index contributed by atoms with van der Waals surface area (Å²) >= 11 is 1.58. The van der Waals surface area contributed by atoms with Crippen LogP contribution in [0.3, 0.4) is 0 Å². The maximum atomic E-state index is 12.4. The van der Waals surface area contributed by atoms with Crippen molar-refractivity contribution in [2.24, 2.45) is 0 Å². The molecule has 0 aliphatic carbocycles. The second kappa shape index (κ2) is 5.77. The van der Waals surface area contributed by atoms with Crippen molar-refractivity contribution in [3.63, 3.8) is 0 Å². The number of thiazole rings is 1. The SMILES string of the molecule is Cc1ncc(C[S@](=O)[C@@H](C)c2ncc(C(C)(C)C)o2)s1. The molecule has 0 N–H and O–H groups in total. The van der Waals surface area contributed by atoms with E-state index < -0.39 is 10.8 Å². The maximum Gasteiger partial charge on any atom is 0.209 e. The summed E-state index contributed by atoms with van der Waals surface area (Å²) in [5, 5.41) is 0.782. The highest BCUT2D eigenvalue weighted by atomic mass is 32.2. The van der Waals surface area contributed by atoms with Gasteiger partial charge < -0.3 is 4.42 Å². The van der Waals surface area contributed by atoms with Crippen molar-refractivity contribution >= 4 is 22.1 Å². The Kier molecular flexibility index (Phi) is 4.44. The third kappa shape index (κ3) is 3.55. The predicted octanol–water partition coefficient (Wildman–Crippen LogP) is 3.75. The first-order chi connectivity index (χ1) is 9.27. The highest BCUT2D eigenvalue weighted by molar-refractivity contribution is 7.84. The molecule has 0 amide bonds. The molecule has 6 heteroatoms. The van der Waals surface area contributed by atoms with Crippen LogP contribution in [0.25, 0.3) is 0 Å². The highest BCUT2D eigenvalue weighted by Gasteiger charge is 2.24. The van der Waals surface area contributed by atoms with E-state index in [-0.39, 0.29) is 10.7 Å². The molecule has 0 radical (unpaired) electrons. The number of aryl methyl sites for hydroxylation is 1. The van der Waals surface area contributed by atoms with Gasteiger partial charge in [0.25, 0.3) is 0 Å². The molecule has 0 aromatic carbocycles. The van der Waals surface area contributed by atoms with E-state index in [9.17, 15) is 4.21 Å². The van der Waals surface area contributed by atoms with Gasteiger partial charge in [0.2, 0.25) is 5.89 Å². The fourth-order valence-electron chi connectivity index (χ4n) is 1.67. The van der Waals surface area contributed by atoms with Gasteiger partial charge in [-0.15, -0.1) is 11.3 Å². The minimum atomic E-state index is -1.05. The summed E-state index contributed by atoms with van der Waals surface area (Å²) in [6, 6.07) is 0. The third-order valence-electron chi connectivity index (χ3n) is 2.96. The van der Waals surface area contributed by atoms with Crippen LogP contribution in [0, 0.1) is 6.92 Å². The number of rotatable bonds is 4. The third-order valence-corrected chi connectivity index (χ3v) is 5.64. The smallest absolute Gasteiger partial charge is 0.209 e. The molecule has 0 saturated heterocycles. The van der Waals surface area contributed by atoms with Crippen molar-refractivity contribution in [3.05, 3.63) is 33.9 Å². The van der Waals surface area contributed by atoms with Gasteiger partial charge in [0, 0.05) is 27.3 Å². The van der Waals surface area contributed by atoms with E-state index in [2.05, 4.69) is 30.7 Å². The van der Waals surface area contributed by atoms with E-state index in [1.54, 1.807) is 23.7 Å². The molecule has 2 aromatic heterocycles. The zero-order valence-electron chi connectivity index (χ0n) is 12.5. The Hall–Kier alpha value is -1.01. The van der Waals surface area contributed by atoms with E-state index in [0.717, 1.165) is 15.6 Å². The van der Waals surface area contributed by atoms with E-state index in [1.165, 1.54) is 0 Å². The van der Waals surface area contributed by atoms with Crippen LogP contribution in [0.5, 0.6) is 0 Å². The average Bonchev–Trinajstić information content (AvgIpc) is 2.96. The van der Waals surface area contributed by atoms with E-state index in [4.69, 9.17) is 4.42 Å². The van der Waals surface area contributed by atoms with Crippen LogP contribution in [0.2, 0.25) is 0 Å². The predicted molar refractivity (Wildman–Crippen MR) is 82.3 cm³/mol. The van der Waals surface area contributed by atoms with Gasteiger partial charge in [0.1, 0.15) is 11.0 Å². The molecule has 2 heterocycles. The minimum absolute atomic E-state index is 0.0821. The Morgan fingerprint density at radius 3 is 2.55 bits per heavy atom. The van der Waals surface area contributed by atoms with Gasteiger partial charge in [-0.3, -0.25) is 4.21 Å². The van der Waals surface area contributed by atoms with Crippen molar-refractivity contribution in [1.29, 1.82) is 0 Å². The van der Waals surface area contributed by atoms with Crippen molar-refractivity contribution in [3.8, 4) is 0 Å². The molecular weight excluding hydrogens is 292 g/mol. The Morgan fingerprint density at radius 1 is 1.35 bits per heavy atom. The van der Waals surface area contributed by atoms with Crippen LogP contribution >= 0.6 is 11.3 Å². The molecule has 0 saturated carbocycles. The monoisotopic (exact) mass is 312 g/mol. The summed E-state index contributed by atoms with van der Waals surface area (Å²) in [6.07, 6.45) is 3.53. The molecule has 2 aromatic rings. The Bertz CT molecular complexity index is 611. The lowest BCUT2D eigenvalue weighted by Crippen LogP contribution is -2.09. The molecule has 0 spiro atoms. The molecule has 2 rings (SSSR count). The van der Waals surface area contributed by atoms with Crippen molar-refractivity contribution in [1.82, 2.24) is 9.97 Å². The summed E-state index contributed by atoms with van der Waals surface area (Å²) in [7, 11) is -1.05. The van der Waals surface area contributed by atoms with E-state index >= 15 is 0 Å². The van der Waals surface area contributed by atoms with Crippen molar-refractivity contribution < 1.29 is 8.63 Å². The van der Waals surface area contributed by atoms with E-state index in [1.807, 2.05) is 13.8 Å². The molecule has 0 fully saturated rings. The summed E-state index contributed by atoms with van der Waals surface area (Å²) in [5.74, 6) is 1.87. The van der Waals surface area contributed by atoms with Crippen molar-refractivity contribution in [2.45, 2.75) is 51.0 Å². The lowest BCUT2D eigenvalue weighted by atomic mass is 9.94. The molecular formula is C14H20N2O2S2. The highest BCUT2D eigenvalue weighted by Crippen LogP contribution is 2.28. The number of aromatic nitrogens is 2. The maximum absolute atomic E-state index is 12.4. The molecule has 110 valence electrons. The Morgan fingerprint density at radius 2 is 2.05 bits per heavy atom. The first-order valence-electron chi connectivity index (χ1n) is 6.52.